The van der Waals surface area contributed by atoms with Crippen molar-refractivity contribution >= 4 is 5.91 Å². The standard InChI is InChI=1S/C20H21N3O2/c1-16-22-17(14-23(16)18-8-4-2-5-9-18)12-13-21-20(24)15-25-19-10-6-3-7-11-19/h2-11,14H,12-13,15H2,1H3,(H,21,24). The van der Waals surface area contributed by atoms with E-state index in [4.69, 9.17) is 4.74 Å². The first-order valence-corrected chi connectivity index (χ1v) is 8.27. The maximum absolute atomic E-state index is 11.8. The van der Waals surface area contributed by atoms with Gasteiger partial charge in [0.1, 0.15) is 11.6 Å². The fraction of sp³-hybridized carbons (Fsp3) is 0.200. The van der Waals surface area contributed by atoms with Crippen LogP contribution in [0.2, 0.25) is 0 Å². The largest absolute Gasteiger partial charge is 0.484 e. The van der Waals surface area contributed by atoms with Gasteiger partial charge in [0.2, 0.25) is 0 Å². The zero-order valence-electron chi connectivity index (χ0n) is 14.2. The van der Waals surface area contributed by atoms with Crippen molar-refractivity contribution in [3.05, 3.63) is 78.4 Å². The van der Waals surface area contributed by atoms with Crippen LogP contribution in [0.4, 0.5) is 0 Å². The zero-order chi connectivity index (χ0) is 17.5. The van der Waals surface area contributed by atoms with Crippen LogP contribution in [-0.4, -0.2) is 28.6 Å². The second-order valence-corrected chi connectivity index (χ2v) is 5.69. The molecule has 3 aromatic rings. The van der Waals surface area contributed by atoms with Gasteiger partial charge < -0.3 is 14.6 Å². The van der Waals surface area contributed by atoms with Crippen LogP contribution in [0.3, 0.4) is 0 Å². The number of benzene rings is 2. The Hall–Kier alpha value is -3.08. The smallest absolute Gasteiger partial charge is 0.257 e. The summed E-state index contributed by atoms with van der Waals surface area (Å²) >= 11 is 0. The molecular weight excluding hydrogens is 314 g/mol. The SMILES string of the molecule is Cc1nc(CCNC(=O)COc2ccccc2)cn1-c1ccccc1. The molecular formula is C20H21N3O2. The molecule has 2 aromatic carbocycles. The minimum atomic E-state index is -0.136. The molecule has 0 aliphatic heterocycles. The highest BCUT2D eigenvalue weighted by molar-refractivity contribution is 5.77. The summed E-state index contributed by atoms with van der Waals surface area (Å²) in [7, 11) is 0. The number of nitrogens with zero attached hydrogens (tertiary/aromatic N) is 2. The second kappa shape index (κ2) is 8.15. The summed E-state index contributed by atoms with van der Waals surface area (Å²) in [5, 5.41) is 2.86. The molecule has 128 valence electrons. The molecule has 0 aliphatic carbocycles. The highest BCUT2D eigenvalue weighted by Gasteiger charge is 2.07. The number of hydrogen-bond donors (Lipinski definition) is 1. The summed E-state index contributed by atoms with van der Waals surface area (Å²) in [6, 6.07) is 19.4. The number of carbonyl (C=O) groups is 1. The Morgan fingerprint density at radius 1 is 1.08 bits per heavy atom. The lowest BCUT2D eigenvalue weighted by Gasteiger charge is -2.06. The van der Waals surface area contributed by atoms with Gasteiger partial charge in [-0.1, -0.05) is 36.4 Å². The molecule has 0 aliphatic rings. The van der Waals surface area contributed by atoms with Crippen molar-refractivity contribution in [2.24, 2.45) is 0 Å². The van der Waals surface area contributed by atoms with E-state index in [1.165, 1.54) is 0 Å². The number of para-hydroxylation sites is 2. The fourth-order valence-electron chi connectivity index (χ4n) is 2.55. The van der Waals surface area contributed by atoms with Crippen molar-refractivity contribution in [1.29, 1.82) is 0 Å². The van der Waals surface area contributed by atoms with Crippen LogP contribution in [-0.2, 0) is 11.2 Å². The molecule has 0 atom stereocenters. The minimum Gasteiger partial charge on any atom is -0.484 e. The van der Waals surface area contributed by atoms with Crippen molar-refractivity contribution < 1.29 is 9.53 Å². The number of hydrogen-bond acceptors (Lipinski definition) is 3. The highest BCUT2D eigenvalue weighted by atomic mass is 16.5. The Morgan fingerprint density at radius 2 is 1.76 bits per heavy atom. The molecule has 0 saturated carbocycles. The van der Waals surface area contributed by atoms with Gasteiger partial charge in [-0.2, -0.15) is 0 Å². The zero-order valence-corrected chi connectivity index (χ0v) is 14.2. The molecule has 0 unspecified atom stereocenters. The van der Waals surface area contributed by atoms with Crippen molar-refractivity contribution in [2.45, 2.75) is 13.3 Å². The van der Waals surface area contributed by atoms with E-state index in [0.717, 1.165) is 17.2 Å². The summed E-state index contributed by atoms with van der Waals surface area (Å²) in [6.07, 6.45) is 2.69. The predicted octanol–water partition coefficient (Wildman–Crippen LogP) is 2.92. The van der Waals surface area contributed by atoms with Crippen molar-refractivity contribution in [2.75, 3.05) is 13.2 Å². The molecule has 3 rings (SSSR count). The van der Waals surface area contributed by atoms with Gasteiger partial charge in [-0.3, -0.25) is 4.79 Å². The Kier molecular flexibility index (Phi) is 5.46. The number of nitrogens with one attached hydrogen (secondary N) is 1. The van der Waals surface area contributed by atoms with Crippen molar-refractivity contribution in [3.63, 3.8) is 0 Å². The fourth-order valence-corrected chi connectivity index (χ4v) is 2.55. The maximum atomic E-state index is 11.8. The van der Waals surface area contributed by atoms with Crippen LogP contribution in [0, 0.1) is 6.92 Å². The highest BCUT2D eigenvalue weighted by Crippen LogP contribution is 2.12. The molecule has 1 N–H and O–H groups in total. The van der Waals surface area contributed by atoms with Crippen LogP contribution in [0.15, 0.2) is 66.9 Å². The molecule has 1 amide bonds. The van der Waals surface area contributed by atoms with Gasteiger partial charge in [-0.25, -0.2) is 4.98 Å². The summed E-state index contributed by atoms with van der Waals surface area (Å²) in [6.45, 7) is 2.52. The molecule has 5 nitrogen and oxygen atoms in total. The molecule has 5 heteroatoms. The van der Waals surface area contributed by atoms with Crippen LogP contribution >= 0.6 is 0 Å². The third kappa shape index (κ3) is 4.70. The molecule has 0 radical (unpaired) electrons. The van der Waals surface area contributed by atoms with E-state index in [2.05, 4.69) is 14.9 Å². The van der Waals surface area contributed by atoms with E-state index < -0.39 is 0 Å². The molecule has 0 saturated heterocycles. The normalized spacial score (nSPS) is 10.4. The Labute approximate surface area is 147 Å². The Morgan fingerprint density at radius 3 is 2.48 bits per heavy atom. The summed E-state index contributed by atoms with van der Waals surface area (Å²) in [4.78, 5) is 16.4. The molecule has 25 heavy (non-hydrogen) atoms. The summed E-state index contributed by atoms with van der Waals surface area (Å²) < 4.78 is 7.47. The van der Waals surface area contributed by atoms with Gasteiger partial charge in [0.25, 0.3) is 5.91 Å². The van der Waals surface area contributed by atoms with Gasteiger partial charge >= 0.3 is 0 Å². The topological polar surface area (TPSA) is 56.1 Å². The lowest BCUT2D eigenvalue weighted by molar-refractivity contribution is -0.123. The summed E-state index contributed by atoms with van der Waals surface area (Å²) in [5.74, 6) is 1.48. The van der Waals surface area contributed by atoms with Gasteiger partial charge in [0, 0.05) is 24.8 Å². The molecule has 1 aromatic heterocycles. The van der Waals surface area contributed by atoms with Crippen LogP contribution < -0.4 is 10.1 Å². The van der Waals surface area contributed by atoms with E-state index in [1.807, 2.05) is 73.8 Å². The number of amides is 1. The molecule has 0 fully saturated rings. The molecule has 0 bridgehead atoms. The summed E-state index contributed by atoms with van der Waals surface area (Å²) in [5.41, 5.74) is 2.03. The van der Waals surface area contributed by atoms with Crippen molar-refractivity contribution in [3.8, 4) is 11.4 Å². The first-order valence-electron chi connectivity index (χ1n) is 8.27. The average molecular weight is 335 g/mol. The van der Waals surface area contributed by atoms with Crippen molar-refractivity contribution in [1.82, 2.24) is 14.9 Å². The third-order valence-corrected chi connectivity index (χ3v) is 3.78. The molecule has 1 heterocycles. The third-order valence-electron chi connectivity index (χ3n) is 3.78. The maximum Gasteiger partial charge on any atom is 0.257 e. The number of aryl methyl sites for hydroxylation is 1. The van der Waals surface area contributed by atoms with E-state index in [1.54, 1.807) is 0 Å². The Bertz CT molecular complexity index is 813. The van der Waals surface area contributed by atoms with Gasteiger partial charge in [0.15, 0.2) is 6.61 Å². The van der Waals surface area contributed by atoms with Crippen LogP contribution in [0.25, 0.3) is 5.69 Å². The van der Waals surface area contributed by atoms with Gasteiger partial charge in [-0.05, 0) is 31.2 Å². The first-order chi connectivity index (χ1) is 12.2. The van der Waals surface area contributed by atoms with E-state index >= 15 is 0 Å². The van der Waals surface area contributed by atoms with Crippen LogP contribution in [0.1, 0.15) is 11.5 Å². The Balaban J connectivity index is 1.47. The lowest BCUT2D eigenvalue weighted by atomic mass is 10.3. The monoisotopic (exact) mass is 335 g/mol. The van der Waals surface area contributed by atoms with E-state index in [-0.39, 0.29) is 12.5 Å². The number of ether oxygens (including phenoxy) is 1. The van der Waals surface area contributed by atoms with Gasteiger partial charge in [0.05, 0.1) is 5.69 Å². The van der Waals surface area contributed by atoms with Gasteiger partial charge in [-0.15, -0.1) is 0 Å². The molecule has 0 spiro atoms. The number of carbonyl (C=O) groups excluding carboxylic acids is 1. The second-order valence-electron chi connectivity index (χ2n) is 5.69. The number of rotatable bonds is 7. The minimum absolute atomic E-state index is 0.0154. The van der Waals surface area contributed by atoms with E-state index in [0.29, 0.717) is 18.7 Å². The average Bonchev–Trinajstić information content (AvgIpc) is 3.02. The van der Waals surface area contributed by atoms with Crippen LogP contribution in [0.5, 0.6) is 5.75 Å². The first kappa shape index (κ1) is 16.8. The number of aromatic nitrogens is 2. The predicted molar refractivity (Wildman–Crippen MR) is 97.0 cm³/mol. The quantitative estimate of drug-likeness (QED) is 0.722. The lowest BCUT2D eigenvalue weighted by Crippen LogP contribution is -2.30. The van der Waals surface area contributed by atoms with E-state index in [9.17, 15) is 4.79 Å². The number of imidazole rings is 1.